The Labute approximate surface area is 126 Å². The summed E-state index contributed by atoms with van der Waals surface area (Å²) in [5, 5.41) is 3.38. The first-order chi connectivity index (χ1) is 10.3. The van der Waals surface area contributed by atoms with E-state index in [9.17, 15) is 0 Å². The van der Waals surface area contributed by atoms with E-state index in [0.29, 0.717) is 13.2 Å². The Morgan fingerprint density at radius 2 is 1.76 bits per heavy atom. The van der Waals surface area contributed by atoms with Gasteiger partial charge in [-0.25, -0.2) is 0 Å². The molecule has 4 heteroatoms. The molecule has 4 nitrogen and oxygen atoms in total. The summed E-state index contributed by atoms with van der Waals surface area (Å²) in [6, 6.07) is 12.0. The van der Waals surface area contributed by atoms with Crippen molar-refractivity contribution in [1.82, 2.24) is 10.3 Å². The van der Waals surface area contributed by atoms with Gasteiger partial charge < -0.3 is 14.8 Å². The average Bonchev–Trinajstić information content (AvgIpc) is 2.51. The van der Waals surface area contributed by atoms with Gasteiger partial charge in [-0.1, -0.05) is 12.1 Å². The van der Waals surface area contributed by atoms with Gasteiger partial charge in [-0.15, -0.1) is 0 Å². The quantitative estimate of drug-likeness (QED) is 0.809. The van der Waals surface area contributed by atoms with Crippen LogP contribution in [0.2, 0.25) is 0 Å². The van der Waals surface area contributed by atoms with E-state index in [-0.39, 0.29) is 0 Å². The Morgan fingerprint density at radius 3 is 2.48 bits per heavy atom. The number of nitrogens with zero attached hydrogens (tertiary/aromatic N) is 1. The van der Waals surface area contributed by atoms with Crippen LogP contribution in [0.25, 0.3) is 0 Å². The van der Waals surface area contributed by atoms with Crippen LogP contribution >= 0.6 is 0 Å². The van der Waals surface area contributed by atoms with Crippen LogP contribution in [0.4, 0.5) is 0 Å². The smallest absolute Gasteiger partial charge is 0.161 e. The van der Waals surface area contributed by atoms with Gasteiger partial charge in [0.25, 0.3) is 0 Å². The second kappa shape index (κ2) is 8.27. The second-order valence-electron chi connectivity index (χ2n) is 4.57. The Bertz CT molecular complexity index is 544. The number of hydrogen-bond acceptors (Lipinski definition) is 4. The van der Waals surface area contributed by atoms with Crippen LogP contribution in [-0.4, -0.2) is 18.2 Å². The van der Waals surface area contributed by atoms with Crippen LogP contribution < -0.4 is 14.8 Å². The minimum Gasteiger partial charge on any atom is -0.490 e. The van der Waals surface area contributed by atoms with Gasteiger partial charge in [0.15, 0.2) is 11.5 Å². The SMILES string of the molecule is CCOc1ccc(CNCc2ccccn2)cc1OCC. The first-order valence-electron chi connectivity index (χ1n) is 7.32. The van der Waals surface area contributed by atoms with Crippen LogP contribution in [0.15, 0.2) is 42.6 Å². The van der Waals surface area contributed by atoms with Gasteiger partial charge in [0.1, 0.15) is 0 Å². The van der Waals surface area contributed by atoms with Gasteiger partial charge >= 0.3 is 0 Å². The van der Waals surface area contributed by atoms with Gasteiger partial charge in [0.2, 0.25) is 0 Å². The summed E-state index contributed by atoms with van der Waals surface area (Å²) in [4.78, 5) is 4.29. The maximum absolute atomic E-state index is 5.63. The Balaban J connectivity index is 1.95. The fourth-order valence-corrected chi connectivity index (χ4v) is 2.04. The van der Waals surface area contributed by atoms with Crippen LogP contribution in [0.3, 0.4) is 0 Å². The van der Waals surface area contributed by atoms with Crippen LogP contribution in [-0.2, 0) is 13.1 Å². The fourth-order valence-electron chi connectivity index (χ4n) is 2.04. The number of benzene rings is 1. The molecule has 1 aromatic carbocycles. The summed E-state index contributed by atoms with van der Waals surface area (Å²) in [5.41, 5.74) is 2.20. The minimum absolute atomic E-state index is 0.630. The largest absolute Gasteiger partial charge is 0.490 e. The highest BCUT2D eigenvalue weighted by molar-refractivity contribution is 5.43. The molecule has 0 atom stereocenters. The number of rotatable bonds is 8. The van der Waals surface area contributed by atoms with Crippen molar-refractivity contribution in [3.63, 3.8) is 0 Å². The predicted molar refractivity (Wildman–Crippen MR) is 83.6 cm³/mol. The maximum atomic E-state index is 5.63. The molecule has 0 radical (unpaired) electrons. The molecule has 0 spiro atoms. The Morgan fingerprint density at radius 1 is 0.952 bits per heavy atom. The fraction of sp³-hybridized carbons (Fsp3) is 0.353. The van der Waals surface area contributed by atoms with E-state index >= 15 is 0 Å². The Kier molecular flexibility index (Phi) is 6.03. The number of pyridine rings is 1. The normalized spacial score (nSPS) is 10.4. The molecule has 0 aliphatic rings. The molecular weight excluding hydrogens is 264 g/mol. The van der Waals surface area contributed by atoms with E-state index in [1.807, 2.05) is 44.2 Å². The summed E-state index contributed by atoms with van der Waals surface area (Å²) in [7, 11) is 0. The molecule has 1 N–H and O–H groups in total. The number of hydrogen-bond donors (Lipinski definition) is 1. The monoisotopic (exact) mass is 286 g/mol. The van der Waals surface area contributed by atoms with Crippen molar-refractivity contribution in [1.29, 1.82) is 0 Å². The van der Waals surface area contributed by atoms with Crippen molar-refractivity contribution in [2.75, 3.05) is 13.2 Å². The van der Waals surface area contributed by atoms with Gasteiger partial charge in [0.05, 0.1) is 18.9 Å². The molecule has 1 aromatic heterocycles. The predicted octanol–water partition coefficient (Wildman–Crippen LogP) is 3.17. The molecule has 0 aliphatic heterocycles. The van der Waals surface area contributed by atoms with E-state index in [4.69, 9.17) is 9.47 Å². The summed E-state index contributed by atoms with van der Waals surface area (Å²) < 4.78 is 11.2. The first kappa shape index (κ1) is 15.3. The molecule has 0 unspecified atom stereocenters. The lowest BCUT2D eigenvalue weighted by atomic mass is 10.2. The van der Waals surface area contributed by atoms with E-state index in [2.05, 4.69) is 16.4 Å². The molecule has 0 amide bonds. The van der Waals surface area contributed by atoms with Crippen molar-refractivity contribution in [3.05, 3.63) is 53.9 Å². The molecule has 0 aliphatic carbocycles. The number of nitrogens with one attached hydrogen (secondary N) is 1. The first-order valence-corrected chi connectivity index (χ1v) is 7.32. The highest BCUT2D eigenvalue weighted by atomic mass is 16.5. The van der Waals surface area contributed by atoms with Gasteiger partial charge in [-0.05, 0) is 43.7 Å². The van der Waals surface area contributed by atoms with E-state index in [0.717, 1.165) is 35.8 Å². The summed E-state index contributed by atoms with van der Waals surface area (Å²) in [6.07, 6.45) is 1.81. The summed E-state index contributed by atoms with van der Waals surface area (Å²) >= 11 is 0. The van der Waals surface area contributed by atoms with Gasteiger partial charge in [-0.3, -0.25) is 4.98 Å². The van der Waals surface area contributed by atoms with Crippen molar-refractivity contribution in [2.24, 2.45) is 0 Å². The zero-order chi connectivity index (χ0) is 14.9. The lowest BCUT2D eigenvalue weighted by Gasteiger charge is -2.12. The van der Waals surface area contributed by atoms with E-state index in [1.165, 1.54) is 0 Å². The third-order valence-electron chi connectivity index (χ3n) is 2.97. The molecule has 2 aromatic rings. The molecule has 112 valence electrons. The van der Waals surface area contributed by atoms with Crippen molar-refractivity contribution < 1.29 is 9.47 Å². The molecule has 0 fully saturated rings. The molecule has 0 saturated carbocycles. The molecule has 0 bridgehead atoms. The Hall–Kier alpha value is -2.07. The highest BCUT2D eigenvalue weighted by Crippen LogP contribution is 2.28. The van der Waals surface area contributed by atoms with E-state index < -0.39 is 0 Å². The zero-order valence-electron chi connectivity index (χ0n) is 12.6. The molecule has 0 saturated heterocycles. The van der Waals surface area contributed by atoms with Crippen molar-refractivity contribution in [3.8, 4) is 11.5 Å². The van der Waals surface area contributed by atoms with Crippen LogP contribution in [0, 0.1) is 0 Å². The van der Waals surface area contributed by atoms with Gasteiger partial charge in [-0.2, -0.15) is 0 Å². The highest BCUT2D eigenvalue weighted by Gasteiger charge is 2.06. The lowest BCUT2D eigenvalue weighted by Crippen LogP contribution is -2.13. The maximum Gasteiger partial charge on any atom is 0.161 e. The summed E-state index contributed by atoms with van der Waals surface area (Å²) in [6.45, 7) is 6.73. The third-order valence-corrected chi connectivity index (χ3v) is 2.97. The van der Waals surface area contributed by atoms with Crippen LogP contribution in [0.1, 0.15) is 25.1 Å². The van der Waals surface area contributed by atoms with Gasteiger partial charge in [0, 0.05) is 19.3 Å². The second-order valence-corrected chi connectivity index (χ2v) is 4.57. The number of aromatic nitrogens is 1. The zero-order valence-corrected chi connectivity index (χ0v) is 12.6. The minimum atomic E-state index is 0.630. The third kappa shape index (κ3) is 4.76. The molecule has 2 rings (SSSR count). The molecular formula is C17H22N2O2. The molecule has 1 heterocycles. The van der Waals surface area contributed by atoms with Crippen molar-refractivity contribution >= 4 is 0 Å². The van der Waals surface area contributed by atoms with Crippen molar-refractivity contribution in [2.45, 2.75) is 26.9 Å². The number of ether oxygens (including phenoxy) is 2. The van der Waals surface area contributed by atoms with Crippen LogP contribution in [0.5, 0.6) is 11.5 Å². The standard InChI is InChI=1S/C17H22N2O2/c1-3-20-16-9-8-14(11-17(16)21-4-2)12-18-13-15-7-5-6-10-19-15/h5-11,18H,3-4,12-13H2,1-2H3. The average molecular weight is 286 g/mol. The topological polar surface area (TPSA) is 43.4 Å². The van der Waals surface area contributed by atoms with E-state index in [1.54, 1.807) is 6.20 Å². The molecule has 21 heavy (non-hydrogen) atoms. The summed E-state index contributed by atoms with van der Waals surface area (Å²) in [5.74, 6) is 1.60. The lowest BCUT2D eigenvalue weighted by molar-refractivity contribution is 0.287.